The average molecular weight is 872 g/mol. The highest BCUT2D eigenvalue weighted by Crippen LogP contribution is 2.32. The smallest absolute Gasteiger partial charge is 0.264 e. The van der Waals surface area contributed by atoms with E-state index in [1.54, 1.807) is 12.1 Å². The molecular formula is C41H65N3O17. The minimum absolute atomic E-state index is 0.0122. The van der Waals surface area contributed by atoms with Crippen LogP contribution in [-0.4, -0.2) is 198 Å². The Morgan fingerprint density at radius 2 is 1.00 bits per heavy atom. The lowest BCUT2D eigenvalue weighted by molar-refractivity contribution is -0.136. The summed E-state index contributed by atoms with van der Waals surface area (Å²) in [5, 5.41) is 13.5. The molecule has 2 aliphatic rings. The summed E-state index contributed by atoms with van der Waals surface area (Å²) >= 11 is 0. The maximum atomic E-state index is 13.2. The van der Waals surface area contributed by atoms with Crippen LogP contribution in [0.4, 0.5) is 5.69 Å². The van der Waals surface area contributed by atoms with Crippen LogP contribution in [0.2, 0.25) is 0 Å². The predicted octanol–water partition coefficient (Wildman–Crippen LogP) is 0.762. The predicted molar refractivity (Wildman–Crippen MR) is 216 cm³/mol. The van der Waals surface area contributed by atoms with Gasteiger partial charge >= 0.3 is 0 Å². The van der Waals surface area contributed by atoms with Crippen molar-refractivity contribution >= 4 is 35.2 Å². The van der Waals surface area contributed by atoms with Gasteiger partial charge in [0.2, 0.25) is 17.7 Å². The molecule has 5 amide bonds. The van der Waals surface area contributed by atoms with Gasteiger partial charge in [0.25, 0.3) is 11.8 Å². The average Bonchev–Trinajstić information content (AvgIpc) is 3.50. The summed E-state index contributed by atoms with van der Waals surface area (Å²) in [6.45, 7) is 10.2. The molecule has 0 saturated carbocycles. The highest BCUT2D eigenvalue weighted by Gasteiger charge is 2.45. The Morgan fingerprint density at radius 1 is 0.574 bits per heavy atom. The number of imide groups is 2. The van der Waals surface area contributed by atoms with Crippen molar-refractivity contribution in [1.82, 2.24) is 10.2 Å². The number of nitrogens with zero attached hydrogens (tertiary/aromatic N) is 1. The molecule has 346 valence electrons. The topological polar surface area (TPSA) is 234 Å². The number of hydrogen-bond acceptors (Lipinski definition) is 17. The molecule has 0 spiro atoms. The van der Waals surface area contributed by atoms with Gasteiger partial charge in [0.05, 0.1) is 162 Å². The van der Waals surface area contributed by atoms with E-state index in [2.05, 4.69) is 10.6 Å². The summed E-state index contributed by atoms with van der Waals surface area (Å²) in [6.07, 6.45) is 2.43. The van der Waals surface area contributed by atoms with Crippen LogP contribution in [0.3, 0.4) is 0 Å². The normalized spacial score (nSPS) is 15.2. The van der Waals surface area contributed by atoms with Crippen molar-refractivity contribution in [2.24, 2.45) is 0 Å². The highest BCUT2D eigenvalue weighted by atomic mass is 16.6. The first-order valence-electron chi connectivity index (χ1n) is 21.0. The van der Waals surface area contributed by atoms with Crippen molar-refractivity contribution < 1.29 is 81.2 Å². The third-order valence-electron chi connectivity index (χ3n) is 8.89. The molecule has 1 atom stereocenters. The van der Waals surface area contributed by atoms with Crippen LogP contribution in [0.5, 0.6) is 0 Å². The molecule has 3 N–H and O–H groups in total. The summed E-state index contributed by atoms with van der Waals surface area (Å²) < 4.78 is 59.8. The number of piperidine rings is 1. The fourth-order valence-corrected chi connectivity index (χ4v) is 5.86. The second-order valence-corrected chi connectivity index (χ2v) is 13.5. The number of amides is 5. The van der Waals surface area contributed by atoms with Crippen LogP contribution >= 0.6 is 0 Å². The Hall–Kier alpha value is -3.51. The largest absolute Gasteiger partial charge is 0.394 e. The second kappa shape index (κ2) is 34.0. The van der Waals surface area contributed by atoms with E-state index in [9.17, 15) is 24.0 Å². The van der Waals surface area contributed by atoms with Gasteiger partial charge in [0, 0.05) is 19.4 Å². The van der Waals surface area contributed by atoms with Crippen LogP contribution in [0.15, 0.2) is 18.2 Å². The Morgan fingerprint density at radius 3 is 1.43 bits per heavy atom. The molecule has 0 radical (unpaired) electrons. The Balaban J connectivity index is 0.995. The van der Waals surface area contributed by atoms with E-state index in [1.807, 2.05) is 0 Å². The Bertz CT molecular complexity index is 1400. The van der Waals surface area contributed by atoms with Gasteiger partial charge in [-0.15, -0.1) is 0 Å². The molecule has 2 heterocycles. The molecule has 1 fully saturated rings. The molecule has 0 aromatic heterocycles. The van der Waals surface area contributed by atoms with Crippen molar-refractivity contribution in [3.63, 3.8) is 0 Å². The lowest BCUT2D eigenvalue weighted by atomic mass is 10.0. The summed E-state index contributed by atoms with van der Waals surface area (Å²) in [5.41, 5.74) is 0.375. The number of benzene rings is 1. The van der Waals surface area contributed by atoms with Gasteiger partial charge in [-0.05, 0) is 31.4 Å². The third-order valence-corrected chi connectivity index (χ3v) is 8.89. The molecule has 1 aromatic carbocycles. The van der Waals surface area contributed by atoms with Crippen LogP contribution < -0.4 is 10.6 Å². The summed E-state index contributed by atoms with van der Waals surface area (Å²) in [5.74, 6) is -2.73. The summed E-state index contributed by atoms with van der Waals surface area (Å²) in [7, 11) is 0. The molecule has 20 heteroatoms. The van der Waals surface area contributed by atoms with Crippen molar-refractivity contribution in [3.05, 3.63) is 29.3 Å². The van der Waals surface area contributed by atoms with Gasteiger partial charge in [0.15, 0.2) is 0 Å². The number of ether oxygens (including phenoxy) is 11. The quantitative estimate of drug-likeness (QED) is 0.0610. The number of hydrogen-bond donors (Lipinski definition) is 3. The maximum Gasteiger partial charge on any atom is 0.264 e. The summed E-state index contributed by atoms with van der Waals surface area (Å²) in [4.78, 5) is 63.6. The monoisotopic (exact) mass is 871 g/mol. The third kappa shape index (κ3) is 22.4. The zero-order chi connectivity index (χ0) is 43.6. The van der Waals surface area contributed by atoms with E-state index in [4.69, 9.17) is 57.2 Å². The second-order valence-electron chi connectivity index (χ2n) is 13.5. The van der Waals surface area contributed by atoms with Gasteiger partial charge in [-0.3, -0.25) is 34.2 Å². The van der Waals surface area contributed by atoms with E-state index in [-0.39, 0.29) is 48.6 Å². The fourth-order valence-electron chi connectivity index (χ4n) is 5.86. The minimum Gasteiger partial charge on any atom is -0.394 e. The number of unbranched alkanes of at least 4 members (excludes halogenated alkanes) is 2. The molecule has 0 aliphatic carbocycles. The number of aliphatic hydroxyl groups excluding tert-OH is 1. The SMILES string of the molecule is O=C1CCC(N2C(=O)c3cccc(NC(=O)CCCCCOCCOCCOCCOCCOCCOCCOCCOCCOCCOCCOCCO)c3C2=O)C(=O)N1. The minimum atomic E-state index is -1.08. The van der Waals surface area contributed by atoms with Crippen LogP contribution in [0.25, 0.3) is 0 Å². The van der Waals surface area contributed by atoms with E-state index >= 15 is 0 Å². The van der Waals surface area contributed by atoms with E-state index in [0.717, 1.165) is 17.7 Å². The van der Waals surface area contributed by atoms with Crippen LogP contribution in [0, 0.1) is 0 Å². The van der Waals surface area contributed by atoms with Crippen LogP contribution in [-0.2, 0) is 66.5 Å². The number of carbonyl (C=O) groups excluding carboxylic acids is 5. The molecular weight excluding hydrogens is 806 g/mol. The van der Waals surface area contributed by atoms with Gasteiger partial charge in [-0.1, -0.05) is 12.5 Å². The van der Waals surface area contributed by atoms with Gasteiger partial charge in [-0.2, -0.15) is 0 Å². The molecule has 61 heavy (non-hydrogen) atoms. The van der Waals surface area contributed by atoms with Crippen molar-refractivity contribution in [2.45, 2.75) is 44.6 Å². The first-order chi connectivity index (χ1) is 29.9. The first kappa shape index (κ1) is 51.8. The molecule has 0 bridgehead atoms. The Kier molecular flexibility index (Phi) is 28.9. The first-order valence-corrected chi connectivity index (χ1v) is 21.0. The highest BCUT2D eigenvalue weighted by molar-refractivity contribution is 6.26. The van der Waals surface area contributed by atoms with Crippen molar-refractivity contribution in [3.8, 4) is 0 Å². The van der Waals surface area contributed by atoms with E-state index in [1.165, 1.54) is 6.07 Å². The van der Waals surface area contributed by atoms with Crippen molar-refractivity contribution in [2.75, 3.05) is 157 Å². The zero-order valence-corrected chi connectivity index (χ0v) is 35.2. The van der Waals surface area contributed by atoms with E-state index in [0.29, 0.717) is 152 Å². The molecule has 20 nitrogen and oxygen atoms in total. The number of carbonyl (C=O) groups is 5. The van der Waals surface area contributed by atoms with Crippen molar-refractivity contribution in [1.29, 1.82) is 0 Å². The molecule has 1 unspecified atom stereocenters. The number of fused-ring (bicyclic) bond motifs is 1. The number of aliphatic hydroxyl groups is 1. The molecule has 1 saturated heterocycles. The molecule has 3 rings (SSSR count). The summed E-state index contributed by atoms with van der Waals surface area (Å²) in [6, 6.07) is 3.52. The van der Waals surface area contributed by atoms with E-state index < -0.39 is 29.7 Å². The number of rotatable bonds is 40. The lowest BCUT2D eigenvalue weighted by Gasteiger charge is -2.27. The van der Waals surface area contributed by atoms with Gasteiger partial charge in [0.1, 0.15) is 6.04 Å². The van der Waals surface area contributed by atoms with Gasteiger partial charge < -0.3 is 62.5 Å². The fraction of sp³-hybridized carbons (Fsp3) is 0.732. The molecule has 2 aliphatic heterocycles. The molecule has 1 aromatic rings. The maximum absolute atomic E-state index is 13.2. The van der Waals surface area contributed by atoms with Crippen LogP contribution in [0.1, 0.15) is 59.2 Å². The number of anilines is 1. The number of nitrogens with one attached hydrogen (secondary N) is 2. The Labute approximate surface area is 357 Å². The standard InChI is InChI=1S/C41H65N3O17/c45-10-12-52-14-16-54-18-20-56-22-24-58-26-28-60-30-32-61-31-29-59-27-25-57-23-21-55-19-17-53-15-13-51-11-3-1-2-7-36(46)42-34-6-4-5-33-38(34)41(50)44(40(33)49)35-8-9-37(47)43-39(35)48/h4-6,35,45H,1-3,7-32H2,(H,42,46)(H,43,47,48). The lowest BCUT2D eigenvalue weighted by Crippen LogP contribution is -2.54. The van der Waals surface area contributed by atoms with Gasteiger partial charge in [-0.25, -0.2) is 0 Å². The zero-order valence-electron chi connectivity index (χ0n) is 35.2.